The van der Waals surface area contributed by atoms with Gasteiger partial charge in [-0.3, -0.25) is 0 Å². The number of ether oxygens (including phenoxy) is 4. The molecule has 0 saturated carbocycles. The van der Waals surface area contributed by atoms with E-state index in [9.17, 15) is 14.4 Å². The molecule has 166 valence electrons. The highest BCUT2D eigenvalue weighted by molar-refractivity contribution is 5.75. The Bertz CT molecular complexity index is 785. The first-order valence-electron chi connectivity index (χ1n) is 10.6. The zero-order valence-electron chi connectivity index (χ0n) is 18.5. The highest BCUT2D eigenvalue weighted by atomic mass is 16.8. The molecule has 0 N–H and O–H groups in total. The van der Waals surface area contributed by atoms with Crippen LogP contribution in [0.25, 0.3) is 0 Å². The number of aldehydes is 1. The molecule has 1 aliphatic carbocycles. The van der Waals surface area contributed by atoms with Crippen LogP contribution in [0.3, 0.4) is 0 Å². The third-order valence-corrected chi connectivity index (χ3v) is 7.00. The predicted octanol–water partition coefficient (Wildman–Crippen LogP) is 4.04. The van der Waals surface area contributed by atoms with E-state index < -0.39 is 29.1 Å². The number of hydrogen-bond donors (Lipinski definition) is 0. The summed E-state index contributed by atoms with van der Waals surface area (Å²) in [4.78, 5) is 35.2. The van der Waals surface area contributed by atoms with E-state index in [1.165, 1.54) is 6.92 Å². The molecule has 0 aromatic heterocycles. The Hall–Kier alpha value is -1.99. The summed E-state index contributed by atoms with van der Waals surface area (Å²) in [6, 6.07) is 0. The number of hydrogen-bond acceptors (Lipinski definition) is 7. The van der Waals surface area contributed by atoms with Gasteiger partial charge < -0.3 is 28.5 Å². The summed E-state index contributed by atoms with van der Waals surface area (Å²) in [7, 11) is 0. The molecule has 7 heteroatoms. The number of Topliss-reactive ketones (excluding diaryl/α,β-unsaturated/α-hetero) is 1. The minimum atomic E-state index is -1.00. The van der Waals surface area contributed by atoms with Crippen molar-refractivity contribution in [2.24, 2.45) is 5.41 Å². The van der Waals surface area contributed by atoms with Gasteiger partial charge in [0.2, 0.25) is 0 Å². The molecule has 0 aromatic carbocycles. The Morgan fingerprint density at radius 1 is 1.20 bits per heavy atom. The predicted molar refractivity (Wildman–Crippen MR) is 109 cm³/mol. The highest BCUT2D eigenvalue weighted by Crippen LogP contribution is 2.55. The minimum Gasteiger partial charge on any atom is -0.422 e. The van der Waals surface area contributed by atoms with Crippen molar-refractivity contribution in [1.29, 1.82) is 0 Å². The van der Waals surface area contributed by atoms with Crippen LogP contribution in [-0.4, -0.2) is 48.9 Å². The van der Waals surface area contributed by atoms with Gasteiger partial charge in [0.1, 0.15) is 12.1 Å². The minimum absolute atomic E-state index is 0.0564. The summed E-state index contributed by atoms with van der Waals surface area (Å²) in [5.74, 6) is -0.946. The average Bonchev–Trinajstić information content (AvgIpc) is 3.27. The summed E-state index contributed by atoms with van der Waals surface area (Å²) in [5.41, 5.74) is 1.37. The Kier molecular flexibility index (Phi) is 6.25. The van der Waals surface area contributed by atoms with Gasteiger partial charge in [0.25, 0.3) is 0 Å². The van der Waals surface area contributed by atoms with E-state index in [0.29, 0.717) is 38.9 Å². The van der Waals surface area contributed by atoms with E-state index >= 15 is 0 Å². The van der Waals surface area contributed by atoms with Crippen molar-refractivity contribution in [2.75, 3.05) is 13.2 Å². The first-order chi connectivity index (χ1) is 14.1. The number of allylic oxidation sites excluding steroid dienone is 1. The summed E-state index contributed by atoms with van der Waals surface area (Å²) in [5, 5.41) is 0. The molecule has 3 aliphatic rings. The lowest BCUT2D eigenvalue weighted by Gasteiger charge is -2.48. The topological polar surface area (TPSA) is 88.1 Å². The van der Waals surface area contributed by atoms with Crippen LogP contribution >= 0.6 is 0 Å². The molecule has 0 radical (unpaired) electrons. The maximum absolute atomic E-state index is 12.3. The molecule has 30 heavy (non-hydrogen) atoms. The lowest BCUT2D eigenvalue weighted by Crippen LogP contribution is -2.55. The van der Waals surface area contributed by atoms with Gasteiger partial charge in [-0.2, -0.15) is 0 Å². The van der Waals surface area contributed by atoms with Crippen molar-refractivity contribution in [3.05, 3.63) is 22.8 Å². The number of carbonyl (C=O) groups is 3. The van der Waals surface area contributed by atoms with Crippen LogP contribution in [0.1, 0.15) is 66.7 Å². The van der Waals surface area contributed by atoms with Crippen molar-refractivity contribution in [3.8, 4) is 0 Å². The second-order valence-electron chi connectivity index (χ2n) is 9.04. The third kappa shape index (κ3) is 3.73. The molecule has 7 nitrogen and oxygen atoms in total. The fourth-order valence-electron chi connectivity index (χ4n) is 5.13. The Balaban J connectivity index is 1.99. The summed E-state index contributed by atoms with van der Waals surface area (Å²) >= 11 is 0. The smallest absolute Gasteiger partial charge is 0.422 e. The van der Waals surface area contributed by atoms with Crippen molar-refractivity contribution in [2.45, 2.75) is 84.2 Å². The third-order valence-electron chi connectivity index (χ3n) is 7.00. The molecular formula is C23H32O7. The van der Waals surface area contributed by atoms with Gasteiger partial charge in [0.15, 0.2) is 17.5 Å². The van der Waals surface area contributed by atoms with Crippen molar-refractivity contribution in [1.82, 2.24) is 0 Å². The normalized spacial score (nSPS) is 30.4. The summed E-state index contributed by atoms with van der Waals surface area (Å²) in [6.45, 7) is 10.3. The van der Waals surface area contributed by atoms with E-state index in [1.807, 2.05) is 33.8 Å². The van der Waals surface area contributed by atoms with Gasteiger partial charge in [-0.15, -0.1) is 0 Å². The van der Waals surface area contributed by atoms with Crippen LogP contribution in [0, 0.1) is 5.41 Å². The van der Waals surface area contributed by atoms with E-state index in [2.05, 4.69) is 0 Å². The molecule has 0 amide bonds. The second kappa shape index (κ2) is 8.27. The van der Waals surface area contributed by atoms with Crippen LogP contribution in [0.4, 0.5) is 4.79 Å². The van der Waals surface area contributed by atoms with Gasteiger partial charge in [0.05, 0.1) is 13.2 Å². The molecule has 2 fully saturated rings. The molecule has 0 bridgehead atoms. The van der Waals surface area contributed by atoms with Crippen molar-refractivity contribution in [3.63, 3.8) is 0 Å². The molecule has 2 unspecified atom stereocenters. The second-order valence-corrected chi connectivity index (χ2v) is 9.04. The fourth-order valence-corrected chi connectivity index (χ4v) is 5.13. The Morgan fingerprint density at radius 2 is 1.87 bits per heavy atom. The van der Waals surface area contributed by atoms with Gasteiger partial charge >= 0.3 is 6.16 Å². The molecule has 2 heterocycles. The van der Waals surface area contributed by atoms with E-state index in [4.69, 9.17) is 18.9 Å². The number of cyclic esters (lactones) is 1. The standard InChI is InChI=1S/C23H32O7/c1-15-6-9-22(21(4,5)18(15)8-11-24)19(29-20(26)30-22)14-16(2)23(10-7-17(3)25)27-12-13-28-23/h11,14,19H,6-10,12-13H2,1-5H3/b16-14+. The molecule has 0 aromatic rings. The van der Waals surface area contributed by atoms with Crippen LogP contribution in [0.2, 0.25) is 0 Å². The van der Waals surface area contributed by atoms with Crippen molar-refractivity contribution >= 4 is 18.2 Å². The lowest BCUT2D eigenvalue weighted by molar-refractivity contribution is -0.139. The zero-order valence-corrected chi connectivity index (χ0v) is 18.5. The van der Waals surface area contributed by atoms with E-state index in [0.717, 1.165) is 29.4 Å². The Labute approximate surface area is 177 Å². The molecule has 1 spiro atoms. The fraction of sp³-hybridized carbons (Fsp3) is 0.696. The molecule has 2 atom stereocenters. The number of rotatable bonds is 7. The lowest BCUT2D eigenvalue weighted by atomic mass is 9.59. The SMILES string of the molecule is CC(=O)CCC1(/C(C)=C/C2OC(=O)OC23CCC(C)=C(CC=O)C3(C)C)OCCO1. The first kappa shape index (κ1) is 22.7. The highest BCUT2D eigenvalue weighted by Gasteiger charge is 2.62. The summed E-state index contributed by atoms with van der Waals surface area (Å²) in [6.07, 6.45) is 3.70. The van der Waals surface area contributed by atoms with Gasteiger partial charge in [-0.05, 0) is 45.3 Å². The van der Waals surface area contributed by atoms with Gasteiger partial charge in [-0.1, -0.05) is 25.0 Å². The maximum Gasteiger partial charge on any atom is 0.509 e. The molecular weight excluding hydrogens is 388 g/mol. The first-order valence-corrected chi connectivity index (χ1v) is 10.6. The van der Waals surface area contributed by atoms with Crippen molar-refractivity contribution < 1.29 is 33.3 Å². The maximum atomic E-state index is 12.3. The Morgan fingerprint density at radius 3 is 2.47 bits per heavy atom. The van der Waals surface area contributed by atoms with Gasteiger partial charge in [0, 0.05) is 24.7 Å². The van der Waals surface area contributed by atoms with Crippen LogP contribution in [0.5, 0.6) is 0 Å². The monoisotopic (exact) mass is 420 g/mol. The largest absolute Gasteiger partial charge is 0.509 e. The molecule has 3 rings (SSSR count). The van der Waals surface area contributed by atoms with E-state index in [-0.39, 0.29) is 5.78 Å². The zero-order chi connectivity index (χ0) is 22.2. The van der Waals surface area contributed by atoms with Crippen LogP contribution in [-0.2, 0) is 28.5 Å². The van der Waals surface area contributed by atoms with Crippen LogP contribution in [0.15, 0.2) is 22.8 Å². The number of carbonyl (C=O) groups excluding carboxylic acids is 3. The summed E-state index contributed by atoms with van der Waals surface area (Å²) < 4.78 is 23.3. The number of ketones is 1. The van der Waals surface area contributed by atoms with Crippen LogP contribution < -0.4 is 0 Å². The quantitative estimate of drug-likeness (QED) is 0.349. The van der Waals surface area contributed by atoms with Gasteiger partial charge in [-0.25, -0.2) is 4.79 Å². The average molecular weight is 421 g/mol. The molecule has 2 aliphatic heterocycles. The van der Waals surface area contributed by atoms with E-state index in [1.54, 1.807) is 0 Å². The molecule has 2 saturated heterocycles.